The van der Waals surface area contributed by atoms with Crippen molar-refractivity contribution in [1.82, 2.24) is 0 Å². The third-order valence-electron chi connectivity index (χ3n) is 13.0. The Labute approximate surface area is 227 Å². The predicted molar refractivity (Wildman–Crippen MR) is 159 cm³/mol. The van der Waals surface area contributed by atoms with E-state index in [9.17, 15) is 0 Å². The minimum absolute atomic E-state index is 0.972. The molecular formula is C36H66. The minimum atomic E-state index is 0.972. The van der Waals surface area contributed by atoms with Crippen LogP contribution in [0.4, 0.5) is 0 Å². The van der Waals surface area contributed by atoms with Crippen molar-refractivity contribution in [2.45, 2.75) is 157 Å². The Morgan fingerprint density at radius 3 is 1.97 bits per heavy atom. The van der Waals surface area contributed by atoms with Gasteiger partial charge in [-0.05, 0) is 116 Å². The van der Waals surface area contributed by atoms with Gasteiger partial charge in [0, 0.05) is 0 Å². The van der Waals surface area contributed by atoms with Crippen molar-refractivity contribution in [3.8, 4) is 0 Å². The first-order chi connectivity index (χ1) is 17.4. The molecule has 5 aliphatic rings. The van der Waals surface area contributed by atoms with E-state index in [-0.39, 0.29) is 0 Å². The lowest BCUT2D eigenvalue weighted by molar-refractivity contribution is 0.00254. The summed E-state index contributed by atoms with van der Waals surface area (Å²) in [7, 11) is 0. The van der Waals surface area contributed by atoms with E-state index >= 15 is 0 Å². The Morgan fingerprint density at radius 1 is 0.583 bits per heavy atom. The molecule has 210 valence electrons. The van der Waals surface area contributed by atoms with Gasteiger partial charge in [-0.15, -0.1) is 0 Å². The summed E-state index contributed by atoms with van der Waals surface area (Å²) in [5, 5.41) is 0. The van der Waals surface area contributed by atoms with E-state index in [0.717, 1.165) is 71.0 Å². The van der Waals surface area contributed by atoms with Gasteiger partial charge in [-0.2, -0.15) is 0 Å². The van der Waals surface area contributed by atoms with Crippen LogP contribution in [0, 0.1) is 71.0 Å². The van der Waals surface area contributed by atoms with Crippen molar-refractivity contribution in [2.75, 3.05) is 0 Å². The largest absolute Gasteiger partial charge is 0.0654 e. The highest BCUT2D eigenvalue weighted by atomic mass is 14.5. The Bertz CT molecular complexity index is 616. The molecule has 36 heavy (non-hydrogen) atoms. The molecule has 0 aromatic heterocycles. The molecule has 0 saturated heterocycles. The molecule has 0 N–H and O–H groups in total. The summed E-state index contributed by atoms with van der Waals surface area (Å²) in [6, 6.07) is 0. The van der Waals surface area contributed by atoms with Gasteiger partial charge in [0.25, 0.3) is 0 Å². The van der Waals surface area contributed by atoms with Gasteiger partial charge < -0.3 is 0 Å². The molecule has 0 aromatic rings. The van der Waals surface area contributed by atoms with Crippen LogP contribution in [0.3, 0.4) is 0 Å². The summed E-state index contributed by atoms with van der Waals surface area (Å²) in [4.78, 5) is 0. The molecule has 0 radical (unpaired) electrons. The van der Waals surface area contributed by atoms with E-state index in [1.54, 1.807) is 51.4 Å². The van der Waals surface area contributed by atoms with Crippen LogP contribution in [0.25, 0.3) is 0 Å². The van der Waals surface area contributed by atoms with Gasteiger partial charge in [0.2, 0.25) is 0 Å². The van der Waals surface area contributed by atoms with E-state index < -0.39 is 0 Å². The van der Waals surface area contributed by atoms with Gasteiger partial charge in [-0.3, -0.25) is 0 Å². The number of fused-ring (bicyclic) bond motifs is 1. The van der Waals surface area contributed by atoms with Crippen molar-refractivity contribution >= 4 is 0 Å². The maximum atomic E-state index is 2.60. The second-order valence-electron chi connectivity index (χ2n) is 15.3. The molecule has 0 aliphatic heterocycles. The number of unbranched alkanes of at least 4 members (excludes halogenated alkanes) is 1. The van der Waals surface area contributed by atoms with Crippen molar-refractivity contribution in [3.05, 3.63) is 0 Å². The molecule has 5 rings (SSSR count). The Hall–Kier alpha value is 0. The molecule has 5 aliphatic carbocycles. The molecule has 5 fully saturated rings. The number of hydrogen-bond donors (Lipinski definition) is 0. The zero-order valence-electron chi connectivity index (χ0n) is 25.7. The monoisotopic (exact) mass is 499 g/mol. The molecule has 0 nitrogen and oxygen atoms in total. The Morgan fingerprint density at radius 2 is 1.31 bits per heavy atom. The molecule has 0 amide bonds. The summed E-state index contributed by atoms with van der Waals surface area (Å²) in [6.07, 6.45) is 27.5. The van der Waals surface area contributed by atoms with E-state index in [1.807, 2.05) is 0 Å². The second-order valence-corrected chi connectivity index (χ2v) is 15.3. The second kappa shape index (κ2) is 13.9. The quantitative estimate of drug-likeness (QED) is 0.341. The SMILES string of the molecule is CCC1CC(C2CCC(C)C2)CC(C)C1C.CCCCC1C(C)CC2CCCC2C1C1CCCCC1. The smallest absolute Gasteiger partial charge is 0.0324 e. The number of rotatable bonds is 6. The molecule has 0 aromatic carbocycles. The highest BCUT2D eigenvalue weighted by molar-refractivity contribution is 4.96. The summed E-state index contributed by atoms with van der Waals surface area (Å²) in [5.41, 5.74) is 0. The first-order valence-corrected chi connectivity index (χ1v) is 17.4. The lowest BCUT2D eigenvalue weighted by atomic mass is 9.56. The van der Waals surface area contributed by atoms with Crippen LogP contribution in [0.15, 0.2) is 0 Å². The van der Waals surface area contributed by atoms with Crippen molar-refractivity contribution in [2.24, 2.45) is 71.0 Å². The normalized spacial score (nSPS) is 45.7. The molecule has 0 spiro atoms. The third-order valence-corrected chi connectivity index (χ3v) is 13.0. The molecule has 11 unspecified atom stereocenters. The summed E-state index contributed by atoms with van der Waals surface area (Å²) >= 11 is 0. The minimum Gasteiger partial charge on any atom is -0.0654 e. The van der Waals surface area contributed by atoms with Crippen LogP contribution >= 0.6 is 0 Å². The molecule has 11 atom stereocenters. The van der Waals surface area contributed by atoms with Crippen LogP contribution in [0.1, 0.15) is 157 Å². The number of hydrogen-bond acceptors (Lipinski definition) is 0. The average molecular weight is 499 g/mol. The highest BCUT2D eigenvalue weighted by Gasteiger charge is 2.47. The maximum Gasteiger partial charge on any atom is -0.0324 e. The van der Waals surface area contributed by atoms with Crippen molar-refractivity contribution in [3.63, 3.8) is 0 Å². The zero-order chi connectivity index (χ0) is 25.7. The van der Waals surface area contributed by atoms with E-state index in [2.05, 4.69) is 41.5 Å². The van der Waals surface area contributed by atoms with Gasteiger partial charge in [0.15, 0.2) is 0 Å². The predicted octanol–water partition coefficient (Wildman–Crippen LogP) is 11.6. The fraction of sp³-hybridized carbons (Fsp3) is 1.00. The standard InChI is InChI=1S/C20H36.C16H30/c1-3-4-12-18-15(2)14-17-11-8-13-19(17)20(18)16-9-6-5-7-10-16;1-5-14-10-16(9-12(3)13(14)4)15-7-6-11(2)8-15/h15-20H,3-14H2,1-2H3;11-16H,5-10H2,1-4H3. The molecule has 0 heterocycles. The first-order valence-electron chi connectivity index (χ1n) is 17.4. The fourth-order valence-electron chi connectivity index (χ4n) is 10.8. The van der Waals surface area contributed by atoms with Crippen molar-refractivity contribution < 1.29 is 0 Å². The van der Waals surface area contributed by atoms with Crippen molar-refractivity contribution in [1.29, 1.82) is 0 Å². The van der Waals surface area contributed by atoms with Crippen LogP contribution in [-0.4, -0.2) is 0 Å². The van der Waals surface area contributed by atoms with E-state index in [1.165, 1.54) is 64.2 Å². The van der Waals surface area contributed by atoms with E-state index in [4.69, 9.17) is 0 Å². The van der Waals surface area contributed by atoms with Crippen LogP contribution < -0.4 is 0 Å². The summed E-state index contributed by atoms with van der Waals surface area (Å²) in [6.45, 7) is 14.8. The lowest BCUT2D eigenvalue weighted by Gasteiger charge is -2.49. The highest BCUT2D eigenvalue weighted by Crippen LogP contribution is 2.56. The molecule has 0 heteroatoms. The van der Waals surface area contributed by atoms with Crippen LogP contribution in [-0.2, 0) is 0 Å². The molecule has 5 saturated carbocycles. The molecule has 0 bridgehead atoms. The molecular weight excluding hydrogens is 432 g/mol. The first kappa shape index (κ1) is 29.0. The summed E-state index contributed by atoms with van der Waals surface area (Å²) < 4.78 is 0. The van der Waals surface area contributed by atoms with Gasteiger partial charge in [-0.25, -0.2) is 0 Å². The Kier molecular flexibility index (Phi) is 11.2. The average Bonchev–Trinajstić information content (AvgIpc) is 3.53. The maximum absolute atomic E-state index is 2.60. The lowest BCUT2D eigenvalue weighted by Crippen LogP contribution is -2.41. The van der Waals surface area contributed by atoms with Crippen LogP contribution in [0.5, 0.6) is 0 Å². The van der Waals surface area contributed by atoms with Gasteiger partial charge in [0.05, 0.1) is 0 Å². The zero-order valence-corrected chi connectivity index (χ0v) is 25.7. The third kappa shape index (κ3) is 6.95. The van der Waals surface area contributed by atoms with Crippen LogP contribution in [0.2, 0.25) is 0 Å². The Balaban J connectivity index is 0.000000174. The van der Waals surface area contributed by atoms with Gasteiger partial charge in [0.1, 0.15) is 0 Å². The fourth-order valence-corrected chi connectivity index (χ4v) is 10.8. The van der Waals surface area contributed by atoms with Gasteiger partial charge in [-0.1, -0.05) is 112 Å². The van der Waals surface area contributed by atoms with Gasteiger partial charge >= 0.3 is 0 Å². The summed E-state index contributed by atoms with van der Waals surface area (Å²) in [5.74, 6) is 12.7. The topological polar surface area (TPSA) is 0 Å². The van der Waals surface area contributed by atoms with E-state index in [0.29, 0.717) is 0 Å².